The molecule has 31 heavy (non-hydrogen) atoms. The number of hydrogen-bond acceptors (Lipinski definition) is 6. The summed E-state index contributed by atoms with van der Waals surface area (Å²) in [5.41, 5.74) is 3.40. The Morgan fingerprint density at radius 3 is 2.71 bits per heavy atom. The number of fused-ring (bicyclic) bond motifs is 3. The zero-order chi connectivity index (χ0) is 21.4. The van der Waals surface area contributed by atoms with Crippen LogP contribution in [-0.4, -0.2) is 61.7 Å². The van der Waals surface area contributed by atoms with Crippen molar-refractivity contribution < 1.29 is 19.0 Å². The number of carbonyl (C=O) groups is 1. The number of allylic oxidation sites excluding steroid dienone is 1. The van der Waals surface area contributed by atoms with E-state index >= 15 is 0 Å². The number of morpholine rings is 1. The lowest BCUT2D eigenvalue weighted by atomic mass is 9.98. The number of Topliss-reactive ketones (excluding diaryl/α,β-unsaturated/α-hetero) is 1. The summed E-state index contributed by atoms with van der Waals surface area (Å²) in [4.78, 5) is 17.8. The van der Waals surface area contributed by atoms with Gasteiger partial charge in [-0.05, 0) is 36.3 Å². The molecule has 7 heteroatoms. The molecule has 0 saturated carbocycles. The van der Waals surface area contributed by atoms with Crippen molar-refractivity contribution in [3.8, 4) is 11.5 Å². The van der Waals surface area contributed by atoms with Gasteiger partial charge in [0.25, 0.3) is 0 Å². The second-order valence-electron chi connectivity index (χ2n) is 8.12. The summed E-state index contributed by atoms with van der Waals surface area (Å²) in [6.07, 6.45) is 1.80. The fraction of sp³-hybridized carbons (Fsp3) is 0.375. The summed E-state index contributed by atoms with van der Waals surface area (Å²) in [5.74, 6) is 1.74. The van der Waals surface area contributed by atoms with E-state index in [-0.39, 0.29) is 5.78 Å². The first-order valence-corrected chi connectivity index (χ1v) is 11.4. The summed E-state index contributed by atoms with van der Waals surface area (Å²) in [6.45, 7) is 8.61. The fourth-order valence-electron chi connectivity index (χ4n) is 4.26. The average molecular weight is 485 g/mol. The van der Waals surface area contributed by atoms with Gasteiger partial charge in [-0.15, -0.1) is 0 Å². The van der Waals surface area contributed by atoms with Gasteiger partial charge in [0, 0.05) is 37.2 Å². The molecule has 6 nitrogen and oxygen atoms in total. The average Bonchev–Trinajstić information content (AvgIpc) is 3.12. The van der Waals surface area contributed by atoms with Gasteiger partial charge in [-0.2, -0.15) is 0 Å². The molecule has 3 aliphatic heterocycles. The number of ether oxygens (including phenoxy) is 3. The van der Waals surface area contributed by atoms with Gasteiger partial charge in [0.1, 0.15) is 18.2 Å². The minimum atomic E-state index is -0.0727. The zero-order valence-corrected chi connectivity index (χ0v) is 19.1. The molecule has 0 atom stereocenters. The molecule has 0 aliphatic carbocycles. The van der Waals surface area contributed by atoms with Crippen molar-refractivity contribution in [2.75, 3.05) is 46.1 Å². The molecule has 3 aliphatic rings. The van der Waals surface area contributed by atoms with E-state index in [1.807, 2.05) is 37.3 Å². The molecule has 0 amide bonds. The number of hydrogen-bond donors (Lipinski definition) is 0. The molecule has 0 radical (unpaired) electrons. The predicted octanol–water partition coefficient (Wildman–Crippen LogP) is 3.86. The highest BCUT2D eigenvalue weighted by Crippen LogP contribution is 2.44. The van der Waals surface area contributed by atoms with Crippen LogP contribution < -0.4 is 9.47 Å². The van der Waals surface area contributed by atoms with E-state index in [0.717, 1.165) is 66.3 Å². The molecule has 2 aromatic carbocycles. The molecule has 0 bridgehead atoms. The fourth-order valence-corrected chi connectivity index (χ4v) is 4.66. The molecule has 0 N–H and O–H groups in total. The van der Waals surface area contributed by atoms with E-state index in [1.54, 1.807) is 6.08 Å². The summed E-state index contributed by atoms with van der Waals surface area (Å²) >= 11 is 3.54. The Bertz CT molecular complexity index is 1050. The van der Waals surface area contributed by atoms with Crippen LogP contribution in [-0.2, 0) is 11.3 Å². The van der Waals surface area contributed by atoms with E-state index in [0.29, 0.717) is 30.3 Å². The second kappa shape index (κ2) is 8.74. The third-order valence-corrected chi connectivity index (χ3v) is 6.74. The van der Waals surface area contributed by atoms with Gasteiger partial charge in [0.2, 0.25) is 5.78 Å². The molecular weight excluding hydrogens is 460 g/mol. The molecule has 0 unspecified atom stereocenters. The van der Waals surface area contributed by atoms with Crippen LogP contribution in [0, 0.1) is 6.92 Å². The van der Waals surface area contributed by atoms with E-state index < -0.39 is 0 Å². The highest BCUT2D eigenvalue weighted by atomic mass is 79.9. The summed E-state index contributed by atoms with van der Waals surface area (Å²) < 4.78 is 18.6. The lowest BCUT2D eigenvalue weighted by molar-refractivity contribution is 0.0239. The van der Waals surface area contributed by atoms with Crippen molar-refractivity contribution in [1.29, 1.82) is 0 Å². The number of carbonyl (C=O) groups excluding carboxylic acids is 1. The first kappa shape index (κ1) is 20.7. The highest BCUT2D eigenvalue weighted by molar-refractivity contribution is 9.10. The van der Waals surface area contributed by atoms with Gasteiger partial charge in [-0.25, -0.2) is 0 Å². The van der Waals surface area contributed by atoms with Crippen molar-refractivity contribution in [3.63, 3.8) is 0 Å². The van der Waals surface area contributed by atoms with Gasteiger partial charge in [-0.3, -0.25) is 14.6 Å². The Kier molecular flexibility index (Phi) is 5.84. The lowest BCUT2D eigenvalue weighted by Crippen LogP contribution is -2.43. The third-order valence-electron chi connectivity index (χ3n) is 6.02. The summed E-state index contributed by atoms with van der Waals surface area (Å²) in [5, 5.41) is 0. The first-order valence-electron chi connectivity index (χ1n) is 10.6. The van der Waals surface area contributed by atoms with Crippen LogP contribution in [0.15, 0.2) is 40.6 Å². The smallest absolute Gasteiger partial charge is 0.232 e. The quantitative estimate of drug-likeness (QED) is 0.614. The molecule has 162 valence electrons. The number of ketones is 1. The normalized spacial score (nSPS) is 20.3. The summed E-state index contributed by atoms with van der Waals surface area (Å²) in [6, 6.07) is 9.76. The van der Waals surface area contributed by atoms with E-state index in [4.69, 9.17) is 14.2 Å². The van der Waals surface area contributed by atoms with Crippen LogP contribution >= 0.6 is 15.9 Å². The van der Waals surface area contributed by atoms with Crippen LogP contribution in [0.3, 0.4) is 0 Å². The van der Waals surface area contributed by atoms with Crippen LogP contribution in [0.4, 0.5) is 0 Å². The maximum absolute atomic E-state index is 13.2. The van der Waals surface area contributed by atoms with Gasteiger partial charge in [-0.1, -0.05) is 34.1 Å². The topological polar surface area (TPSA) is 51.2 Å². The number of benzene rings is 2. The zero-order valence-electron chi connectivity index (χ0n) is 17.5. The van der Waals surface area contributed by atoms with Crippen molar-refractivity contribution in [3.05, 3.63) is 62.8 Å². The van der Waals surface area contributed by atoms with Crippen molar-refractivity contribution in [2.45, 2.75) is 13.5 Å². The Morgan fingerprint density at radius 1 is 1.13 bits per heavy atom. The molecule has 3 heterocycles. The van der Waals surface area contributed by atoms with Gasteiger partial charge < -0.3 is 14.2 Å². The predicted molar refractivity (Wildman–Crippen MR) is 121 cm³/mol. The molecule has 1 saturated heterocycles. The van der Waals surface area contributed by atoms with Crippen molar-refractivity contribution >= 4 is 27.8 Å². The summed E-state index contributed by atoms with van der Waals surface area (Å²) in [7, 11) is 0. The van der Waals surface area contributed by atoms with Gasteiger partial charge in [0.05, 0.1) is 24.3 Å². The molecule has 2 aromatic rings. The Morgan fingerprint density at radius 2 is 1.90 bits per heavy atom. The minimum Gasteiger partial charge on any atom is -0.478 e. The molecule has 1 fully saturated rings. The largest absolute Gasteiger partial charge is 0.478 e. The van der Waals surface area contributed by atoms with E-state index in [2.05, 4.69) is 25.7 Å². The number of halogens is 1. The molecule has 5 rings (SSSR count). The number of rotatable bonds is 4. The molecule has 0 spiro atoms. The monoisotopic (exact) mass is 484 g/mol. The standard InChI is InChI=1S/C24H25BrN2O4/c1-16-12-20-18(14-27(15-30-20)7-6-26-8-10-29-11-9-26)24-22(16)23(28)21(31-24)13-17-4-2-3-5-19(17)25/h2-5,12-13H,6-11,14-15H2,1H3/b21-13-. The number of aryl methyl sites for hydroxylation is 1. The Hall–Kier alpha value is -2.19. The van der Waals surface area contributed by atoms with Crippen molar-refractivity contribution in [2.24, 2.45) is 0 Å². The van der Waals surface area contributed by atoms with E-state index in [9.17, 15) is 4.79 Å². The van der Waals surface area contributed by atoms with Crippen LogP contribution in [0.1, 0.15) is 27.0 Å². The Balaban J connectivity index is 1.38. The Labute approximate surface area is 190 Å². The van der Waals surface area contributed by atoms with Crippen LogP contribution in [0.2, 0.25) is 0 Å². The van der Waals surface area contributed by atoms with Crippen molar-refractivity contribution in [1.82, 2.24) is 9.80 Å². The molecular formula is C24H25BrN2O4. The second-order valence-corrected chi connectivity index (χ2v) is 8.97. The van der Waals surface area contributed by atoms with Gasteiger partial charge in [0.15, 0.2) is 5.76 Å². The van der Waals surface area contributed by atoms with Crippen LogP contribution in [0.25, 0.3) is 6.08 Å². The van der Waals surface area contributed by atoms with Crippen LogP contribution in [0.5, 0.6) is 11.5 Å². The van der Waals surface area contributed by atoms with Gasteiger partial charge >= 0.3 is 0 Å². The molecule has 0 aromatic heterocycles. The first-order chi connectivity index (χ1) is 15.1. The SMILES string of the molecule is Cc1cc2c(c3c1C(=O)/C(=C/c1ccccc1Br)O3)CN(CCN1CCOCC1)CO2. The number of nitrogens with zero attached hydrogens (tertiary/aromatic N) is 2. The lowest BCUT2D eigenvalue weighted by Gasteiger charge is -2.33. The van der Waals surface area contributed by atoms with E-state index in [1.165, 1.54) is 0 Å². The third kappa shape index (κ3) is 4.15. The maximum Gasteiger partial charge on any atom is 0.232 e. The minimum absolute atomic E-state index is 0.0727. The highest BCUT2D eigenvalue weighted by Gasteiger charge is 2.35. The maximum atomic E-state index is 13.2.